The maximum absolute atomic E-state index is 12.8. The first kappa shape index (κ1) is 15.8. The first-order valence-electron chi connectivity index (χ1n) is 7.07. The highest BCUT2D eigenvalue weighted by Gasteiger charge is 2.10. The van der Waals surface area contributed by atoms with Crippen LogP contribution in [0.1, 0.15) is 50.4 Å². The molecule has 0 atom stereocenters. The van der Waals surface area contributed by atoms with Crippen molar-refractivity contribution in [2.24, 2.45) is 0 Å². The molecule has 0 aliphatic rings. The highest BCUT2D eigenvalue weighted by molar-refractivity contribution is 5.95. The van der Waals surface area contributed by atoms with E-state index in [9.17, 15) is 9.18 Å². The first-order valence-corrected chi connectivity index (χ1v) is 7.07. The van der Waals surface area contributed by atoms with Crippen molar-refractivity contribution >= 4 is 5.78 Å². The largest absolute Gasteiger partial charge is 0.301 e. The molecule has 0 heterocycles. The molecule has 0 saturated heterocycles. The smallest absolute Gasteiger partial charge is 0.162 e. The molecular weight excluding hydrogens is 241 g/mol. The molecule has 0 amide bonds. The van der Waals surface area contributed by atoms with Gasteiger partial charge in [-0.05, 0) is 64.0 Å². The number of halogens is 1. The zero-order valence-electron chi connectivity index (χ0n) is 12.2. The molecule has 1 aromatic carbocycles. The number of carbonyl (C=O) groups is 1. The van der Waals surface area contributed by atoms with Crippen LogP contribution in [0.3, 0.4) is 0 Å². The minimum atomic E-state index is -0.300. The van der Waals surface area contributed by atoms with E-state index < -0.39 is 0 Å². The lowest BCUT2D eigenvalue weighted by Gasteiger charge is -2.25. The van der Waals surface area contributed by atoms with Crippen molar-refractivity contribution in [2.45, 2.75) is 46.1 Å². The van der Waals surface area contributed by atoms with Crippen molar-refractivity contribution in [1.82, 2.24) is 4.90 Å². The Kier molecular flexibility index (Phi) is 6.71. The molecule has 1 rings (SSSR count). The maximum Gasteiger partial charge on any atom is 0.162 e. The molecule has 0 radical (unpaired) electrons. The third-order valence-electron chi connectivity index (χ3n) is 3.26. The van der Waals surface area contributed by atoms with E-state index >= 15 is 0 Å². The first-order chi connectivity index (χ1) is 9.04. The number of ketones is 1. The number of rotatable bonds is 8. The van der Waals surface area contributed by atoms with Gasteiger partial charge >= 0.3 is 0 Å². The fourth-order valence-electron chi connectivity index (χ4n) is 2.14. The van der Waals surface area contributed by atoms with Crippen molar-refractivity contribution in [3.63, 3.8) is 0 Å². The summed E-state index contributed by atoms with van der Waals surface area (Å²) in [5.41, 5.74) is 0.605. The number of carbonyl (C=O) groups excluding carboxylic acids is 1. The number of hydrogen-bond donors (Lipinski definition) is 0. The second-order valence-corrected chi connectivity index (χ2v) is 5.16. The monoisotopic (exact) mass is 265 g/mol. The van der Waals surface area contributed by atoms with E-state index in [1.54, 1.807) is 12.1 Å². The van der Waals surface area contributed by atoms with Crippen LogP contribution < -0.4 is 0 Å². The van der Waals surface area contributed by atoms with Crippen LogP contribution in [0.2, 0.25) is 0 Å². The SMILES string of the molecule is CCCN(CCCC(=O)c1ccc(F)cc1)C(C)C. The van der Waals surface area contributed by atoms with Crippen molar-refractivity contribution in [3.05, 3.63) is 35.6 Å². The number of Topliss-reactive ketones (excluding diaryl/α,β-unsaturated/α-hetero) is 1. The number of nitrogens with zero attached hydrogens (tertiary/aromatic N) is 1. The lowest BCUT2D eigenvalue weighted by Crippen LogP contribution is -2.32. The Balaban J connectivity index is 2.39. The zero-order valence-corrected chi connectivity index (χ0v) is 12.2. The summed E-state index contributed by atoms with van der Waals surface area (Å²) in [4.78, 5) is 14.3. The Morgan fingerprint density at radius 1 is 1.21 bits per heavy atom. The summed E-state index contributed by atoms with van der Waals surface area (Å²) in [5.74, 6) is -0.203. The van der Waals surface area contributed by atoms with Crippen LogP contribution in [0.15, 0.2) is 24.3 Å². The molecule has 2 nitrogen and oxygen atoms in total. The maximum atomic E-state index is 12.8. The van der Waals surface area contributed by atoms with E-state index in [1.165, 1.54) is 12.1 Å². The molecule has 0 aliphatic carbocycles. The third kappa shape index (κ3) is 5.52. The van der Waals surface area contributed by atoms with E-state index in [0.717, 1.165) is 25.9 Å². The minimum absolute atomic E-state index is 0.0974. The topological polar surface area (TPSA) is 20.3 Å². The van der Waals surface area contributed by atoms with Crippen LogP contribution in [0, 0.1) is 5.82 Å². The van der Waals surface area contributed by atoms with Gasteiger partial charge in [-0.2, -0.15) is 0 Å². The van der Waals surface area contributed by atoms with Gasteiger partial charge in [-0.3, -0.25) is 4.79 Å². The fourth-order valence-corrected chi connectivity index (χ4v) is 2.14. The summed E-state index contributed by atoms with van der Waals surface area (Å²) in [5, 5.41) is 0. The van der Waals surface area contributed by atoms with Crippen LogP contribution in [0.25, 0.3) is 0 Å². The van der Waals surface area contributed by atoms with Gasteiger partial charge in [-0.25, -0.2) is 4.39 Å². The van der Waals surface area contributed by atoms with Gasteiger partial charge in [0.1, 0.15) is 5.82 Å². The van der Waals surface area contributed by atoms with E-state index in [4.69, 9.17) is 0 Å². The third-order valence-corrected chi connectivity index (χ3v) is 3.26. The molecule has 0 unspecified atom stereocenters. The molecule has 1 aromatic rings. The van der Waals surface area contributed by atoms with Crippen molar-refractivity contribution in [3.8, 4) is 0 Å². The van der Waals surface area contributed by atoms with Crippen molar-refractivity contribution < 1.29 is 9.18 Å². The Morgan fingerprint density at radius 3 is 2.37 bits per heavy atom. The molecule has 0 saturated carbocycles. The Labute approximate surface area is 115 Å². The van der Waals surface area contributed by atoms with Gasteiger partial charge < -0.3 is 4.90 Å². The zero-order chi connectivity index (χ0) is 14.3. The summed E-state index contributed by atoms with van der Waals surface area (Å²) < 4.78 is 12.8. The predicted octanol–water partition coefficient (Wildman–Crippen LogP) is 3.91. The van der Waals surface area contributed by atoms with Crippen LogP contribution in [-0.2, 0) is 0 Å². The van der Waals surface area contributed by atoms with Crippen LogP contribution in [0.4, 0.5) is 4.39 Å². The van der Waals surface area contributed by atoms with E-state index in [-0.39, 0.29) is 11.6 Å². The van der Waals surface area contributed by atoms with Gasteiger partial charge in [-0.1, -0.05) is 6.92 Å². The lowest BCUT2D eigenvalue weighted by atomic mass is 10.1. The number of benzene rings is 1. The Morgan fingerprint density at radius 2 is 1.84 bits per heavy atom. The normalized spacial score (nSPS) is 11.3. The van der Waals surface area contributed by atoms with E-state index in [2.05, 4.69) is 25.7 Å². The second-order valence-electron chi connectivity index (χ2n) is 5.16. The van der Waals surface area contributed by atoms with Crippen LogP contribution >= 0.6 is 0 Å². The highest BCUT2D eigenvalue weighted by Crippen LogP contribution is 2.09. The molecular formula is C16H24FNO. The van der Waals surface area contributed by atoms with Crippen molar-refractivity contribution in [1.29, 1.82) is 0 Å². The predicted molar refractivity (Wildman–Crippen MR) is 77.0 cm³/mol. The standard InChI is InChI=1S/C16H24FNO/c1-4-11-18(13(2)3)12-5-6-16(19)14-7-9-15(17)10-8-14/h7-10,13H,4-6,11-12H2,1-3H3. The summed E-state index contributed by atoms with van der Waals surface area (Å²) in [6.07, 6.45) is 2.51. The van der Waals surface area contributed by atoms with Gasteiger partial charge in [0.25, 0.3) is 0 Å². The van der Waals surface area contributed by atoms with Gasteiger partial charge in [0.2, 0.25) is 0 Å². The van der Waals surface area contributed by atoms with Gasteiger partial charge in [0, 0.05) is 18.0 Å². The molecule has 0 aromatic heterocycles. The summed E-state index contributed by atoms with van der Waals surface area (Å²) in [6.45, 7) is 8.54. The lowest BCUT2D eigenvalue weighted by molar-refractivity contribution is 0.0971. The molecule has 0 bridgehead atoms. The highest BCUT2D eigenvalue weighted by atomic mass is 19.1. The Hall–Kier alpha value is -1.22. The molecule has 0 spiro atoms. The van der Waals surface area contributed by atoms with Gasteiger partial charge in [0.05, 0.1) is 0 Å². The second kappa shape index (κ2) is 8.05. The molecule has 106 valence electrons. The summed E-state index contributed by atoms with van der Waals surface area (Å²) in [6, 6.07) is 6.31. The number of hydrogen-bond acceptors (Lipinski definition) is 2. The molecule has 19 heavy (non-hydrogen) atoms. The summed E-state index contributed by atoms with van der Waals surface area (Å²) in [7, 11) is 0. The van der Waals surface area contributed by atoms with E-state index in [0.29, 0.717) is 18.0 Å². The molecule has 0 aliphatic heterocycles. The molecule has 0 N–H and O–H groups in total. The molecule has 0 fully saturated rings. The van der Waals surface area contributed by atoms with E-state index in [1.807, 2.05) is 0 Å². The van der Waals surface area contributed by atoms with Crippen LogP contribution in [0.5, 0.6) is 0 Å². The van der Waals surface area contributed by atoms with Crippen molar-refractivity contribution in [2.75, 3.05) is 13.1 Å². The average molecular weight is 265 g/mol. The molecule has 3 heteroatoms. The van der Waals surface area contributed by atoms with Gasteiger partial charge in [-0.15, -0.1) is 0 Å². The summed E-state index contributed by atoms with van der Waals surface area (Å²) >= 11 is 0. The fraction of sp³-hybridized carbons (Fsp3) is 0.562. The minimum Gasteiger partial charge on any atom is -0.301 e. The Bertz CT molecular complexity index is 386. The average Bonchev–Trinajstić information content (AvgIpc) is 2.38. The van der Waals surface area contributed by atoms with Gasteiger partial charge in [0.15, 0.2) is 5.78 Å². The quantitative estimate of drug-likeness (QED) is 0.664. The van der Waals surface area contributed by atoms with Crippen LogP contribution in [-0.4, -0.2) is 29.8 Å².